The van der Waals surface area contributed by atoms with E-state index in [1.165, 1.54) is 12.1 Å². The number of carboxylic acid groups (broad SMARTS) is 1. The van der Waals surface area contributed by atoms with Gasteiger partial charge < -0.3 is 9.84 Å². The highest BCUT2D eigenvalue weighted by atomic mass is 35.5. The monoisotopic (exact) mass is 270 g/mol. The lowest BCUT2D eigenvalue weighted by molar-refractivity contribution is -0.134. The van der Waals surface area contributed by atoms with Gasteiger partial charge in [-0.05, 0) is 19.1 Å². The zero-order chi connectivity index (χ0) is 13.5. The maximum Gasteiger partial charge on any atom is 0.370 e. The second-order valence-corrected chi connectivity index (χ2v) is 3.44. The van der Waals surface area contributed by atoms with Gasteiger partial charge >= 0.3 is 11.9 Å². The van der Waals surface area contributed by atoms with Crippen molar-refractivity contribution in [3.63, 3.8) is 0 Å². The number of ether oxygens (including phenoxy) is 1. The Morgan fingerprint density at radius 2 is 2.11 bits per heavy atom. The highest BCUT2D eigenvalue weighted by molar-refractivity contribution is 6.82. The normalized spacial score (nSPS) is 10.9. The molecule has 0 amide bonds. The van der Waals surface area contributed by atoms with Gasteiger partial charge in [0.05, 0.1) is 17.9 Å². The van der Waals surface area contributed by atoms with Crippen molar-refractivity contribution in [3.05, 3.63) is 29.8 Å². The third kappa shape index (κ3) is 3.74. The van der Waals surface area contributed by atoms with Crippen LogP contribution in [0, 0.1) is 0 Å². The standard InChI is InChI=1S/C11H11ClN2O4/c1-2-18-11(17)9(12)14-13-8-6-4-3-5-7(8)10(15)16/h3-6,13H,2H2,1H3,(H,15,16)/b14-9+. The first-order valence-electron chi connectivity index (χ1n) is 5.05. The molecule has 1 rings (SSSR count). The van der Waals surface area contributed by atoms with Crippen molar-refractivity contribution in [2.24, 2.45) is 5.10 Å². The molecular formula is C11H11ClN2O4. The molecular weight excluding hydrogens is 260 g/mol. The SMILES string of the molecule is CCOC(=O)/C(Cl)=N\Nc1ccccc1C(=O)O. The van der Waals surface area contributed by atoms with E-state index < -0.39 is 17.1 Å². The Morgan fingerprint density at radius 3 is 2.72 bits per heavy atom. The topological polar surface area (TPSA) is 88.0 Å². The average Bonchev–Trinajstić information content (AvgIpc) is 2.36. The second-order valence-electron chi connectivity index (χ2n) is 3.09. The van der Waals surface area contributed by atoms with Crippen LogP contribution in [0.15, 0.2) is 29.4 Å². The number of para-hydroxylation sites is 1. The van der Waals surface area contributed by atoms with E-state index in [9.17, 15) is 9.59 Å². The number of hydrogen-bond donors (Lipinski definition) is 2. The molecule has 1 aromatic carbocycles. The summed E-state index contributed by atoms with van der Waals surface area (Å²) in [7, 11) is 0. The van der Waals surface area contributed by atoms with Crippen molar-refractivity contribution in [3.8, 4) is 0 Å². The number of anilines is 1. The fourth-order valence-electron chi connectivity index (χ4n) is 1.11. The number of nitrogens with zero attached hydrogens (tertiary/aromatic N) is 1. The Labute approximate surface area is 108 Å². The number of halogens is 1. The van der Waals surface area contributed by atoms with Crippen molar-refractivity contribution in [1.29, 1.82) is 0 Å². The maximum atomic E-state index is 11.1. The summed E-state index contributed by atoms with van der Waals surface area (Å²) in [4.78, 5) is 22.0. The van der Waals surface area contributed by atoms with Gasteiger partial charge in [-0.2, -0.15) is 5.10 Å². The number of carboxylic acids is 1. The van der Waals surface area contributed by atoms with Gasteiger partial charge in [0, 0.05) is 0 Å². The molecule has 0 aromatic heterocycles. The molecule has 0 aliphatic rings. The van der Waals surface area contributed by atoms with E-state index in [4.69, 9.17) is 16.7 Å². The largest absolute Gasteiger partial charge is 0.478 e. The number of carbonyl (C=O) groups excluding carboxylic acids is 1. The van der Waals surface area contributed by atoms with E-state index in [1.807, 2.05) is 0 Å². The minimum absolute atomic E-state index is 0.0228. The van der Waals surface area contributed by atoms with E-state index >= 15 is 0 Å². The number of carbonyl (C=O) groups is 2. The predicted molar refractivity (Wildman–Crippen MR) is 66.9 cm³/mol. The van der Waals surface area contributed by atoms with Crippen LogP contribution in [0.5, 0.6) is 0 Å². The van der Waals surface area contributed by atoms with Crippen LogP contribution in [0.1, 0.15) is 17.3 Å². The van der Waals surface area contributed by atoms with Crippen LogP contribution in [0.25, 0.3) is 0 Å². The Morgan fingerprint density at radius 1 is 1.44 bits per heavy atom. The van der Waals surface area contributed by atoms with Gasteiger partial charge in [0.2, 0.25) is 5.17 Å². The molecule has 0 saturated carbocycles. The highest BCUT2D eigenvalue weighted by Gasteiger charge is 2.11. The Bertz CT molecular complexity index is 488. The van der Waals surface area contributed by atoms with Gasteiger partial charge in [-0.3, -0.25) is 5.43 Å². The third-order valence-electron chi connectivity index (χ3n) is 1.88. The second kappa shape index (κ2) is 6.61. The maximum absolute atomic E-state index is 11.1. The van der Waals surface area contributed by atoms with Gasteiger partial charge in [-0.1, -0.05) is 23.7 Å². The van der Waals surface area contributed by atoms with Gasteiger partial charge in [-0.25, -0.2) is 9.59 Å². The van der Waals surface area contributed by atoms with E-state index in [2.05, 4.69) is 15.3 Å². The first-order chi connectivity index (χ1) is 8.56. The fourth-order valence-corrected chi connectivity index (χ4v) is 1.21. The lowest BCUT2D eigenvalue weighted by Gasteiger charge is -2.05. The van der Waals surface area contributed by atoms with Crippen molar-refractivity contribution in [2.75, 3.05) is 12.0 Å². The Hall–Kier alpha value is -2.08. The number of esters is 1. The van der Waals surface area contributed by atoms with Gasteiger partial charge in [-0.15, -0.1) is 0 Å². The minimum atomic E-state index is -1.11. The molecule has 0 saturated heterocycles. The minimum Gasteiger partial charge on any atom is -0.478 e. The molecule has 0 aliphatic heterocycles. The first-order valence-corrected chi connectivity index (χ1v) is 5.42. The molecule has 6 nitrogen and oxygen atoms in total. The first kappa shape index (κ1) is 14.0. The van der Waals surface area contributed by atoms with Crippen LogP contribution < -0.4 is 5.43 Å². The van der Waals surface area contributed by atoms with Gasteiger partial charge in [0.25, 0.3) is 0 Å². The summed E-state index contributed by atoms with van der Waals surface area (Å²) in [5.41, 5.74) is 2.66. The van der Waals surface area contributed by atoms with Crippen LogP contribution in [-0.2, 0) is 9.53 Å². The zero-order valence-electron chi connectivity index (χ0n) is 9.51. The lowest BCUT2D eigenvalue weighted by Crippen LogP contribution is -2.14. The molecule has 0 atom stereocenters. The zero-order valence-corrected chi connectivity index (χ0v) is 10.3. The summed E-state index contributed by atoms with van der Waals surface area (Å²) in [6.45, 7) is 1.81. The highest BCUT2D eigenvalue weighted by Crippen LogP contribution is 2.14. The molecule has 18 heavy (non-hydrogen) atoms. The molecule has 0 heterocycles. The molecule has 0 bridgehead atoms. The van der Waals surface area contributed by atoms with Crippen molar-refractivity contribution in [1.82, 2.24) is 0 Å². The smallest absolute Gasteiger partial charge is 0.370 e. The van der Waals surface area contributed by atoms with Crippen LogP contribution in [0.4, 0.5) is 5.69 Å². The lowest BCUT2D eigenvalue weighted by atomic mass is 10.2. The predicted octanol–water partition coefficient (Wildman–Crippen LogP) is 1.91. The molecule has 96 valence electrons. The molecule has 0 radical (unpaired) electrons. The molecule has 0 unspecified atom stereocenters. The van der Waals surface area contributed by atoms with E-state index in [1.54, 1.807) is 19.1 Å². The van der Waals surface area contributed by atoms with Crippen LogP contribution in [0.2, 0.25) is 0 Å². The molecule has 7 heteroatoms. The molecule has 0 aliphatic carbocycles. The third-order valence-corrected chi connectivity index (χ3v) is 2.11. The Kier molecular flexibility index (Phi) is 5.13. The number of nitrogens with one attached hydrogen (secondary N) is 1. The summed E-state index contributed by atoms with van der Waals surface area (Å²) in [6, 6.07) is 6.11. The summed E-state index contributed by atoms with van der Waals surface area (Å²) in [6.07, 6.45) is 0. The molecule has 2 N–H and O–H groups in total. The summed E-state index contributed by atoms with van der Waals surface area (Å²) >= 11 is 5.56. The van der Waals surface area contributed by atoms with Crippen LogP contribution in [-0.4, -0.2) is 28.8 Å². The van der Waals surface area contributed by atoms with E-state index in [0.29, 0.717) is 0 Å². The van der Waals surface area contributed by atoms with Crippen molar-refractivity contribution < 1.29 is 19.4 Å². The van der Waals surface area contributed by atoms with Crippen LogP contribution in [0.3, 0.4) is 0 Å². The number of hydrazone groups is 1. The molecule has 0 fully saturated rings. The van der Waals surface area contributed by atoms with Crippen molar-refractivity contribution >= 4 is 34.4 Å². The van der Waals surface area contributed by atoms with Crippen molar-refractivity contribution in [2.45, 2.75) is 6.92 Å². The molecule has 1 aromatic rings. The van der Waals surface area contributed by atoms with E-state index in [-0.39, 0.29) is 17.9 Å². The Balaban J connectivity index is 2.83. The molecule has 0 spiro atoms. The summed E-state index contributed by atoms with van der Waals surface area (Å²) < 4.78 is 4.61. The van der Waals surface area contributed by atoms with Gasteiger partial charge in [0.15, 0.2) is 0 Å². The van der Waals surface area contributed by atoms with Gasteiger partial charge in [0.1, 0.15) is 0 Å². The number of aromatic carboxylic acids is 1. The number of hydrogen-bond acceptors (Lipinski definition) is 5. The average molecular weight is 271 g/mol. The van der Waals surface area contributed by atoms with Crippen LogP contribution >= 0.6 is 11.6 Å². The summed E-state index contributed by atoms with van der Waals surface area (Å²) in [5.74, 6) is -1.89. The summed E-state index contributed by atoms with van der Waals surface area (Å²) in [5, 5.41) is 12.1. The fraction of sp³-hybridized carbons (Fsp3) is 0.182. The number of rotatable bonds is 5. The van der Waals surface area contributed by atoms with E-state index in [0.717, 1.165) is 0 Å². The quantitative estimate of drug-likeness (QED) is 0.485. The number of benzene rings is 1.